The number of rotatable bonds is 25. The molecular formula is C65H76Cl12N30. The topological polar surface area (TPSA) is 413 Å². The molecule has 6 aromatic heterocycles. The Labute approximate surface area is 676 Å². The van der Waals surface area contributed by atoms with E-state index in [0.717, 1.165) is 53.0 Å². The van der Waals surface area contributed by atoms with E-state index in [4.69, 9.17) is 151 Å². The summed E-state index contributed by atoms with van der Waals surface area (Å²) in [7, 11) is 3.73. The van der Waals surface area contributed by atoms with E-state index in [1.54, 1.807) is 59.5 Å². The van der Waals surface area contributed by atoms with Gasteiger partial charge in [0.2, 0.25) is 71.4 Å². The fraction of sp³-hybridized carbons (Fsp3) is 0.262. The highest BCUT2D eigenvalue weighted by Gasteiger charge is 2.12. The van der Waals surface area contributed by atoms with Crippen LogP contribution in [0.2, 0.25) is 60.3 Å². The van der Waals surface area contributed by atoms with Crippen LogP contribution in [0.5, 0.6) is 0 Å². The number of hydrogen-bond donors (Lipinski definition) is 17. The van der Waals surface area contributed by atoms with Crippen molar-refractivity contribution in [3.05, 3.63) is 192 Å². The maximum atomic E-state index is 5.97. The van der Waals surface area contributed by atoms with Gasteiger partial charge in [-0.1, -0.05) is 163 Å². The van der Waals surface area contributed by atoms with Gasteiger partial charge in [0.1, 0.15) is 0 Å². The third-order valence-corrected chi connectivity index (χ3v) is 17.6. The van der Waals surface area contributed by atoms with E-state index >= 15 is 0 Å². The van der Waals surface area contributed by atoms with Crippen molar-refractivity contribution in [2.45, 2.75) is 85.6 Å². The Bertz CT molecular complexity index is 4690. The van der Waals surface area contributed by atoms with Crippen LogP contribution in [0.4, 0.5) is 82.8 Å². The Morgan fingerprint density at radius 3 is 1.00 bits per heavy atom. The van der Waals surface area contributed by atoms with Crippen molar-refractivity contribution in [1.82, 2.24) is 91.1 Å². The lowest BCUT2D eigenvalue weighted by molar-refractivity contribution is 0.876. The maximum Gasteiger partial charge on any atom is 0.245 e. The van der Waals surface area contributed by atoms with Crippen molar-refractivity contribution in [2.24, 2.45) is 0 Å². The van der Waals surface area contributed by atoms with Crippen LogP contribution >= 0.6 is 139 Å². The zero-order valence-electron chi connectivity index (χ0n) is 58.4. The Hall–Kier alpha value is -8.76. The highest BCUT2D eigenvalue weighted by molar-refractivity contribution is 6.44. The van der Waals surface area contributed by atoms with Crippen LogP contribution in [0, 0.1) is 0 Å². The summed E-state index contributed by atoms with van der Waals surface area (Å²) in [4.78, 5) is 26.6. The molecule has 107 heavy (non-hydrogen) atoms. The summed E-state index contributed by atoms with van der Waals surface area (Å²) >= 11 is 70.6. The number of aromatic nitrogens is 18. The van der Waals surface area contributed by atoms with Gasteiger partial charge in [0, 0.05) is 69.8 Å². The lowest BCUT2D eigenvalue weighted by atomic mass is 10.1. The molecule has 0 aliphatic heterocycles. The maximum absolute atomic E-state index is 5.97. The van der Waals surface area contributed by atoms with E-state index < -0.39 is 0 Å². The molecule has 0 aliphatic carbocycles. The molecule has 570 valence electrons. The second kappa shape index (κ2) is 43.3. The monoisotopic (exact) mass is 1700 g/mol. The zero-order valence-corrected chi connectivity index (χ0v) is 67.4. The molecule has 30 nitrogen and oxygen atoms in total. The van der Waals surface area contributed by atoms with Gasteiger partial charge in [-0.05, 0) is 162 Å². The number of hydrogen-bond acceptors (Lipinski definition) is 24. The number of anilines is 14. The van der Waals surface area contributed by atoms with Crippen LogP contribution < -0.4 is 64.2 Å². The van der Waals surface area contributed by atoms with Crippen LogP contribution in [0.1, 0.15) is 63.8 Å². The number of nitrogen functional groups attached to an aromatic ring is 2. The molecule has 0 bridgehead atoms. The molecular weight excluding hydrogens is 1630 g/mol. The molecule has 0 saturated heterocycles. The minimum absolute atomic E-state index is 0.275. The first kappa shape index (κ1) is 85.5. The quantitative estimate of drug-likeness (QED) is 0.0253. The standard InChI is InChI=1S/C13H17Cl2N5.C12H15Cl2N5.C11H13Cl2N5.2C10H11Cl2N5.C9H9Cl2N5/c1-8(2)17-13-18-12(19-20-13)16-6-5-9-3-4-10(14)11(15)7-9;1-7(2)16-12-17-11(18-19-12)15-6-8-3-4-9(13)10(14)5-8;1-6(2)14-10-16-11(18-17-10)15-7-3-4-8(12)9(13)5-7;1-17(2)10-14-9(15-16-10)13-6-3-4-7(11)8(12)5-6;11-7-2-1-6(5-8(7)12)3-4-14-10-15-9(13)16-17-10;10-6-2-1-5(3-7(6)11)4-13-9-14-8(12)15-16-9/h3-4,7-8H,5-6H2,1-2H3,(H3,16,17,18,19,20);3-5,7H,6H2,1-2H3,(H3,15,16,17,18,19);3-6H,1-2H3,(H3,14,15,16,17,18);3-5H,1-2H3,(H2,13,14,15,16);1-2,5H,3-4H2,(H4,13,14,15,16,17);1-3H,4H2,(H4,12,13,14,15,16). The molecule has 12 rings (SSSR count). The van der Waals surface area contributed by atoms with Crippen molar-refractivity contribution < 1.29 is 0 Å². The molecule has 6 aromatic carbocycles. The summed E-state index contributed by atoms with van der Waals surface area (Å²) in [6.45, 7) is 14.7. The van der Waals surface area contributed by atoms with Crippen LogP contribution in [-0.4, -0.2) is 136 Å². The highest BCUT2D eigenvalue weighted by atomic mass is 35.5. The zero-order chi connectivity index (χ0) is 77.7. The average molecular weight is 1700 g/mol. The molecule has 12 aromatic rings. The van der Waals surface area contributed by atoms with E-state index in [-0.39, 0.29) is 12.0 Å². The van der Waals surface area contributed by atoms with Crippen molar-refractivity contribution in [2.75, 3.05) is 91.4 Å². The van der Waals surface area contributed by atoms with E-state index in [2.05, 4.69) is 139 Å². The second-order valence-corrected chi connectivity index (χ2v) is 28.3. The van der Waals surface area contributed by atoms with Gasteiger partial charge in [0.15, 0.2) is 0 Å². The fourth-order valence-electron chi connectivity index (χ4n) is 8.32. The van der Waals surface area contributed by atoms with E-state index in [1.165, 1.54) is 0 Å². The molecule has 0 saturated carbocycles. The van der Waals surface area contributed by atoms with Gasteiger partial charge in [0.05, 0.1) is 60.3 Å². The Morgan fingerprint density at radius 1 is 0.327 bits per heavy atom. The number of nitrogens with zero attached hydrogens (tertiary/aromatic N) is 13. The lowest BCUT2D eigenvalue weighted by Gasteiger charge is -2.05. The van der Waals surface area contributed by atoms with Crippen molar-refractivity contribution >= 4 is 222 Å². The van der Waals surface area contributed by atoms with Crippen LogP contribution in [-0.2, 0) is 25.9 Å². The number of halogens is 12. The largest absolute Gasteiger partial charge is 0.368 e. The van der Waals surface area contributed by atoms with Gasteiger partial charge in [-0.25, -0.2) is 30.6 Å². The summed E-state index contributed by atoms with van der Waals surface area (Å²) in [6.07, 6.45) is 1.61. The summed E-state index contributed by atoms with van der Waals surface area (Å²) in [5.74, 6) is 6.17. The Balaban J connectivity index is 0.000000179. The minimum Gasteiger partial charge on any atom is -0.368 e. The molecule has 6 heterocycles. The van der Waals surface area contributed by atoms with Gasteiger partial charge >= 0.3 is 0 Å². The molecule has 0 spiro atoms. The first-order chi connectivity index (χ1) is 51.0. The molecule has 19 N–H and O–H groups in total. The molecule has 0 fully saturated rings. The van der Waals surface area contributed by atoms with Gasteiger partial charge in [-0.2, -0.15) is 29.9 Å². The normalized spacial score (nSPS) is 10.6. The fourth-order valence-corrected chi connectivity index (χ4v) is 10.2. The number of benzene rings is 6. The predicted octanol–water partition coefficient (Wildman–Crippen LogP) is 18.4. The van der Waals surface area contributed by atoms with Crippen molar-refractivity contribution in [3.8, 4) is 0 Å². The van der Waals surface area contributed by atoms with Crippen LogP contribution in [0.3, 0.4) is 0 Å². The van der Waals surface area contributed by atoms with Crippen molar-refractivity contribution in [3.63, 3.8) is 0 Å². The first-order valence-electron chi connectivity index (χ1n) is 32.2. The van der Waals surface area contributed by atoms with Crippen molar-refractivity contribution in [1.29, 1.82) is 0 Å². The number of H-pyrrole nitrogens is 6. The lowest BCUT2D eigenvalue weighted by Crippen LogP contribution is -2.11. The molecule has 0 radical (unpaired) electrons. The SMILES string of the molecule is CC(C)Nc1n[nH]c(Nc2ccc(Cl)c(Cl)c2)n1.CC(C)Nc1nc(NCCc2ccc(Cl)c(Cl)c2)n[nH]1.CC(C)Nc1nc(NCc2ccc(Cl)c(Cl)c2)n[nH]1.CN(C)c1n[nH]c(Nc2ccc(Cl)c(Cl)c2)n1.Nc1nc(NCCc2ccc(Cl)c(Cl)c2)n[nH]1.Nc1nc(NCc2ccc(Cl)c(Cl)c2)n[nH]1. The third kappa shape index (κ3) is 30.8. The summed E-state index contributed by atoms with van der Waals surface area (Å²) in [5.41, 5.74) is 16.6. The van der Waals surface area contributed by atoms with Crippen LogP contribution in [0.25, 0.3) is 0 Å². The average Bonchev–Trinajstić information content (AvgIpc) is 1.81. The molecule has 0 atom stereocenters. The van der Waals surface area contributed by atoms with Crippen LogP contribution in [0.15, 0.2) is 109 Å². The molecule has 0 unspecified atom stereocenters. The Morgan fingerprint density at radius 2 is 0.636 bits per heavy atom. The van der Waals surface area contributed by atoms with Gasteiger partial charge in [-0.3, -0.25) is 0 Å². The van der Waals surface area contributed by atoms with E-state index in [1.807, 2.05) is 110 Å². The summed E-state index contributed by atoms with van der Waals surface area (Å²) in [5, 5.41) is 74.3. The van der Waals surface area contributed by atoms with Gasteiger partial charge < -0.3 is 64.2 Å². The number of nitrogens with two attached hydrogens (primary N) is 2. The predicted molar refractivity (Wildman–Crippen MR) is 442 cm³/mol. The smallest absolute Gasteiger partial charge is 0.245 e. The summed E-state index contributed by atoms with van der Waals surface area (Å²) in [6, 6.07) is 33.5. The van der Waals surface area contributed by atoms with Gasteiger partial charge in [0.25, 0.3) is 0 Å². The van der Waals surface area contributed by atoms with E-state index in [9.17, 15) is 0 Å². The summed E-state index contributed by atoms with van der Waals surface area (Å²) < 4.78 is 0. The number of aromatic amines is 6. The number of nitrogens with one attached hydrogen (secondary N) is 15. The van der Waals surface area contributed by atoms with Gasteiger partial charge in [-0.15, -0.1) is 30.6 Å². The molecule has 0 aliphatic rings. The highest BCUT2D eigenvalue weighted by Crippen LogP contribution is 2.30. The Kier molecular flexibility index (Phi) is 34.6. The first-order valence-corrected chi connectivity index (χ1v) is 36.7. The minimum atomic E-state index is 0.275. The van der Waals surface area contributed by atoms with E-state index in [0.29, 0.717) is 157 Å². The third-order valence-electron chi connectivity index (χ3n) is 13.2. The second-order valence-electron chi connectivity index (χ2n) is 23.4. The molecule has 42 heteroatoms. The molecule has 0 amide bonds.